The van der Waals surface area contributed by atoms with Gasteiger partial charge in [0.05, 0.1) is 5.92 Å². The molecule has 2 aliphatic rings. The van der Waals surface area contributed by atoms with E-state index in [1.807, 2.05) is 7.05 Å². The fraction of sp³-hybridized carbons (Fsp3) is 0.889. The second-order valence-electron chi connectivity index (χ2n) is 4.34. The van der Waals surface area contributed by atoms with Crippen LogP contribution in [0.1, 0.15) is 25.7 Å². The Balaban J connectivity index is 0.000000845. The third-order valence-electron chi connectivity index (χ3n) is 3.48. The zero-order valence-electron chi connectivity index (χ0n) is 7.75. The molecule has 2 N–H and O–H groups in total. The quantitative estimate of drug-likeness (QED) is 0.714. The van der Waals surface area contributed by atoms with E-state index in [1.165, 1.54) is 12.8 Å². The Hall–Kier alpha value is -0.280. The number of carbonyl (C=O) groups is 1. The van der Waals surface area contributed by atoms with Gasteiger partial charge in [-0.3, -0.25) is 4.79 Å². The Labute approximate surface area is 84.3 Å². The van der Waals surface area contributed by atoms with Crippen LogP contribution in [0.25, 0.3) is 0 Å². The van der Waals surface area contributed by atoms with E-state index in [9.17, 15) is 4.79 Å². The zero-order chi connectivity index (χ0) is 8.77. The van der Waals surface area contributed by atoms with Gasteiger partial charge in [0.1, 0.15) is 0 Å². The Morgan fingerprint density at radius 1 is 1.38 bits per heavy atom. The largest absolute Gasteiger partial charge is 0.481 e. The van der Waals surface area contributed by atoms with Crippen LogP contribution in [0.4, 0.5) is 0 Å². The summed E-state index contributed by atoms with van der Waals surface area (Å²) in [6.45, 7) is 0. The highest BCUT2D eigenvalue weighted by atomic mass is 35.5. The Kier molecular flexibility index (Phi) is 2.88. The van der Waals surface area contributed by atoms with Crippen LogP contribution in [-0.4, -0.2) is 24.2 Å². The summed E-state index contributed by atoms with van der Waals surface area (Å²) in [5.41, 5.74) is 0.427. The summed E-state index contributed by atoms with van der Waals surface area (Å²) < 4.78 is 0. The molecule has 0 radical (unpaired) electrons. The first-order valence-corrected chi connectivity index (χ1v) is 4.55. The SMILES string of the molecule is CNC1CC2(C1)CC(C(=O)O)C2.Cl. The number of aliphatic carboxylic acids is 1. The third kappa shape index (κ3) is 1.67. The molecule has 2 aliphatic carbocycles. The monoisotopic (exact) mass is 205 g/mol. The number of carboxylic acids is 1. The summed E-state index contributed by atoms with van der Waals surface area (Å²) in [4.78, 5) is 10.5. The van der Waals surface area contributed by atoms with E-state index in [4.69, 9.17) is 5.11 Å². The van der Waals surface area contributed by atoms with Gasteiger partial charge < -0.3 is 10.4 Å². The van der Waals surface area contributed by atoms with Crippen molar-refractivity contribution in [3.8, 4) is 0 Å². The van der Waals surface area contributed by atoms with Gasteiger partial charge in [0.25, 0.3) is 0 Å². The van der Waals surface area contributed by atoms with Gasteiger partial charge in [0, 0.05) is 6.04 Å². The maximum atomic E-state index is 10.5. The van der Waals surface area contributed by atoms with E-state index in [0.29, 0.717) is 11.5 Å². The fourth-order valence-electron chi connectivity index (χ4n) is 2.68. The average molecular weight is 206 g/mol. The number of hydrogen-bond acceptors (Lipinski definition) is 2. The van der Waals surface area contributed by atoms with Crippen molar-refractivity contribution in [1.29, 1.82) is 0 Å². The minimum atomic E-state index is -0.603. The van der Waals surface area contributed by atoms with E-state index in [1.54, 1.807) is 0 Å². The van der Waals surface area contributed by atoms with Crippen molar-refractivity contribution in [2.45, 2.75) is 31.7 Å². The van der Waals surface area contributed by atoms with Gasteiger partial charge in [-0.25, -0.2) is 0 Å². The Morgan fingerprint density at radius 3 is 2.31 bits per heavy atom. The number of halogens is 1. The van der Waals surface area contributed by atoms with Gasteiger partial charge in [-0.1, -0.05) is 0 Å². The van der Waals surface area contributed by atoms with Crippen molar-refractivity contribution in [3.05, 3.63) is 0 Å². The van der Waals surface area contributed by atoms with Crippen LogP contribution in [0.2, 0.25) is 0 Å². The summed E-state index contributed by atoms with van der Waals surface area (Å²) >= 11 is 0. The van der Waals surface area contributed by atoms with Crippen molar-refractivity contribution < 1.29 is 9.90 Å². The van der Waals surface area contributed by atoms with Crippen molar-refractivity contribution in [1.82, 2.24) is 5.32 Å². The lowest BCUT2D eigenvalue weighted by atomic mass is 9.50. The van der Waals surface area contributed by atoms with Gasteiger partial charge >= 0.3 is 5.97 Å². The van der Waals surface area contributed by atoms with E-state index in [2.05, 4.69) is 5.32 Å². The molecule has 0 saturated heterocycles. The highest BCUT2D eigenvalue weighted by Crippen LogP contribution is 2.58. The Bertz CT molecular complexity index is 206. The fourth-order valence-corrected chi connectivity index (χ4v) is 2.68. The molecule has 0 atom stereocenters. The standard InChI is InChI=1S/C9H15NO2.ClH/c1-10-7-4-9(5-7)2-6(3-9)8(11)12;/h6-7,10H,2-5H2,1H3,(H,11,12);1H. The lowest BCUT2D eigenvalue weighted by molar-refractivity contribution is -0.155. The summed E-state index contributed by atoms with van der Waals surface area (Å²) in [5.74, 6) is -0.642. The van der Waals surface area contributed by atoms with Crippen LogP contribution < -0.4 is 5.32 Å². The second-order valence-corrected chi connectivity index (χ2v) is 4.34. The molecular formula is C9H16ClNO2. The van der Waals surface area contributed by atoms with Crippen LogP contribution >= 0.6 is 12.4 Å². The highest BCUT2D eigenvalue weighted by molar-refractivity contribution is 5.85. The minimum absolute atomic E-state index is 0. The highest BCUT2D eigenvalue weighted by Gasteiger charge is 2.54. The molecule has 0 unspecified atom stereocenters. The second kappa shape index (κ2) is 3.46. The van der Waals surface area contributed by atoms with Crippen LogP contribution in [0.3, 0.4) is 0 Å². The molecule has 0 amide bonds. The maximum absolute atomic E-state index is 10.5. The molecule has 3 nitrogen and oxygen atoms in total. The molecule has 1 spiro atoms. The zero-order valence-corrected chi connectivity index (χ0v) is 8.56. The smallest absolute Gasteiger partial charge is 0.306 e. The number of carboxylic acid groups (broad SMARTS) is 1. The number of rotatable bonds is 2. The average Bonchev–Trinajstić information content (AvgIpc) is 1.81. The molecule has 13 heavy (non-hydrogen) atoms. The van der Waals surface area contributed by atoms with Gasteiger partial charge in [-0.15, -0.1) is 12.4 Å². The molecule has 2 fully saturated rings. The van der Waals surface area contributed by atoms with Crippen LogP contribution in [0.15, 0.2) is 0 Å². The minimum Gasteiger partial charge on any atom is -0.481 e. The predicted octanol–water partition coefficient (Wildman–Crippen LogP) is 1.27. The van der Waals surface area contributed by atoms with Crippen molar-refractivity contribution in [3.63, 3.8) is 0 Å². The first-order valence-electron chi connectivity index (χ1n) is 4.55. The first kappa shape index (κ1) is 10.8. The summed E-state index contributed by atoms with van der Waals surface area (Å²) in [7, 11) is 1.98. The third-order valence-corrected chi connectivity index (χ3v) is 3.48. The Morgan fingerprint density at radius 2 is 1.92 bits per heavy atom. The van der Waals surface area contributed by atoms with Crippen LogP contribution in [0, 0.1) is 11.3 Å². The van der Waals surface area contributed by atoms with Crippen molar-refractivity contribution >= 4 is 18.4 Å². The van der Waals surface area contributed by atoms with E-state index in [-0.39, 0.29) is 18.3 Å². The van der Waals surface area contributed by atoms with Crippen molar-refractivity contribution in [2.24, 2.45) is 11.3 Å². The summed E-state index contributed by atoms with van der Waals surface area (Å²) in [6, 6.07) is 0.653. The van der Waals surface area contributed by atoms with Crippen LogP contribution in [0.5, 0.6) is 0 Å². The van der Waals surface area contributed by atoms with Crippen LogP contribution in [-0.2, 0) is 4.79 Å². The maximum Gasteiger partial charge on any atom is 0.306 e. The molecule has 0 bridgehead atoms. The van der Waals surface area contributed by atoms with E-state index in [0.717, 1.165) is 12.8 Å². The molecular weight excluding hydrogens is 190 g/mol. The first-order chi connectivity index (χ1) is 5.65. The lowest BCUT2D eigenvalue weighted by Gasteiger charge is -2.56. The van der Waals surface area contributed by atoms with Crippen molar-refractivity contribution in [2.75, 3.05) is 7.05 Å². The van der Waals surface area contributed by atoms with Gasteiger partial charge in [0.15, 0.2) is 0 Å². The summed E-state index contributed by atoms with van der Waals surface area (Å²) in [5, 5.41) is 11.9. The molecule has 4 heteroatoms. The molecule has 0 aliphatic heterocycles. The lowest BCUT2D eigenvalue weighted by Crippen LogP contribution is -2.55. The summed E-state index contributed by atoms with van der Waals surface area (Å²) in [6.07, 6.45) is 4.21. The molecule has 2 saturated carbocycles. The molecule has 0 aromatic carbocycles. The normalized spacial score (nSPS) is 41.6. The molecule has 76 valence electrons. The molecule has 0 aromatic heterocycles. The van der Waals surface area contributed by atoms with Gasteiger partial charge in [0.2, 0.25) is 0 Å². The predicted molar refractivity (Wildman–Crippen MR) is 52.1 cm³/mol. The molecule has 0 heterocycles. The van der Waals surface area contributed by atoms with E-state index >= 15 is 0 Å². The molecule has 0 aromatic rings. The van der Waals surface area contributed by atoms with E-state index < -0.39 is 5.97 Å². The molecule has 2 rings (SSSR count). The van der Waals surface area contributed by atoms with Gasteiger partial charge in [-0.2, -0.15) is 0 Å². The number of nitrogens with one attached hydrogen (secondary N) is 1. The number of hydrogen-bond donors (Lipinski definition) is 2. The topological polar surface area (TPSA) is 49.3 Å². The van der Waals surface area contributed by atoms with Gasteiger partial charge in [-0.05, 0) is 38.1 Å².